The van der Waals surface area contributed by atoms with Crippen LogP contribution in [-0.2, 0) is 19.1 Å². The SMILES string of the molecule is CCCCCCN(C(=O)C(CCC(N)=O)NC(=O)OC(C)(C)C)C(C(=O)NCCCC)c1cccc(C)c1C. The minimum Gasteiger partial charge on any atom is -0.444 e. The van der Waals surface area contributed by atoms with Crippen LogP contribution < -0.4 is 16.4 Å². The Morgan fingerprint density at radius 2 is 1.67 bits per heavy atom. The quantitative estimate of drug-likeness (QED) is 0.256. The Morgan fingerprint density at radius 1 is 1.00 bits per heavy atom. The molecule has 2 atom stereocenters. The van der Waals surface area contributed by atoms with Crippen molar-refractivity contribution in [1.82, 2.24) is 15.5 Å². The van der Waals surface area contributed by atoms with Gasteiger partial charge in [0.2, 0.25) is 17.7 Å². The van der Waals surface area contributed by atoms with E-state index in [2.05, 4.69) is 17.6 Å². The number of benzene rings is 1. The average molecular weight is 547 g/mol. The van der Waals surface area contributed by atoms with E-state index in [4.69, 9.17) is 10.5 Å². The number of ether oxygens (including phenoxy) is 1. The van der Waals surface area contributed by atoms with Gasteiger partial charge in [0.25, 0.3) is 0 Å². The minimum atomic E-state index is -1.09. The maximum absolute atomic E-state index is 14.2. The fraction of sp³-hybridized carbons (Fsp3) is 0.667. The molecule has 1 aromatic rings. The summed E-state index contributed by atoms with van der Waals surface area (Å²) in [6, 6.07) is 3.74. The molecule has 0 radical (unpaired) electrons. The van der Waals surface area contributed by atoms with E-state index in [0.29, 0.717) is 19.5 Å². The lowest BCUT2D eigenvalue weighted by atomic mass is 9.94. The van der Waals surface area contributed by atoms with E-state index in [0.717, 1.165) is 48.8 Å². The van der Waals surface area contributed by atoms with Crippen molar-refractivity contribution in [1.29, 1.82) is 0 Å². The predicted molar refractivity (Wildman–Crippen MR) is 154 cm³/mol. The molecule has 2 unspecified atom stereocenters. The number of carbonyl (C=O) groups excluding carboxylic acids is 4. The van der Waals surface area contributed by atoms with Gasteiger partial charge in [-0.2, -0.15) is 0 Å². The highest BCUT2D eigenvalue weighted by atomic mass is 16.6. The molecule has 0 bridgehead atoms. The first-order valence-corrected chi connectivity index (χ1v) is 14.2. The number of rotatable bonds is 16. The van der Waals surface area contributed by atoms with Crippen molar-refractivity contribution in [3.05, 3.63) is 34.9 Å². The Bertz CT molecular complexity index is 957. The Kier molecular flexibility index (Phi) is 14.6. The molecule has 4 amide bonds. The second-order valence-corrected chi connectivity index (χ2v) is 11.1. The van der Waals surface area contributed by atoms with Crippen molar-refractivity contribution >= 4 is 23.8 Å². The van der Waals surface area contributed by atoms with Crippen LogP contribution in [0.2, 0.25) is 0 Å². The van der Waals surface area contributed by atoms with Gasteiger partial charge in [-0.25, -0.2) is 4.79 Å². The standard InChI is InChI=1S/C30H50N4O5/c1-8-10-12-13-20-34(28(37)24(17-18-25(31)35)33-29(38)39-30(5,6)7)26(27(36)32-19-11-9-2)23-16-14-15-21(3)22(23)4/h14-16,24,26H,8-13,17-20H2,1-7H3,(H2,31,35)(H,32,36)(H,33,38). The van der Waals surface area contributed by atoms with E-state index in [1.54, 1.807) is 25.7 Å². The number of nitrogens with zero attached hydrogens (tertiary/aromatic N) is 1. The van der Waals surface area contributed by atoms with E-state index in [1.807, 2.05) is 39.0 Å². The molecule has 0 aromatic heterocycles. The van der Waals surface area contributed by atoms with Gasteiger partial charge in [0.1, 0.15) is 17.7 Å². The molecule has 0 aliphatic carbocycles. The van der Waals surface area contributed by atoms with Gasteiger partial charge in [0.05, 0.1) is 0 Å². The molecule has 0 spiro atoms. The third kappa shape index (κ3) is 12.1. The number of amides is 4. The molecule has 0 aliphatic heterocycles. The van der Waals surface area contributed by atoms with Crippen LogP contribution in [0.5, 0.6) is 0 Å². The van der Waals surface area contributed by atoms with E-state index in [9.17, 15) is 19.2 Å². The van der Waals surface area contributed by atoms with Crippen LogP contribution in [0.25, 0.3) is 0 Å². The zero-order chi connectivity index (χ0) is 29.6. The monoisotopic (exact) mass is 546 g/mol. The molecule has 0 fully saturated rings. The molecule has 9 heteroatoms. The van der Waals surface area contributed by atoms with Gasteiger partial charge in [-0.15, -0.1) is 0 Å². The first-order valence-electron chi connectivity index (χ1n) is 14.2. The Balaban J connectivity index is 3.55. The van der Waals surface area contributed by atoms with Crippen LogP contribution in [0, 0.1) is 13.8 Å². The molecule has 0 saturated heterocycles. The van der Waals surface area contributed by atoms with Crippen LogP contribution in [0.15, 0.2) is 18.2 Å². The molecule has 0 heterocycles. The summed E-state index contributed by atoms with van der Waals surface area (Å²) in [6.45, 7) is 14.1. The van der Waals surface area contributed by atoms with Crippen LogP contribution in [-0.4, -0.2) is 53.4 Å². The summed E-state index contributed by atoms with van der Waals surface area (Å²) in [5.74, 6) is -1.31. The number of nitrogens with one attached hydrogen (secondary N) is 2. The van der Waals surface area contributed by atoms with E-state index in [1.165, 1.54) is 0 Å². The van der Waals surface area contributed by atoms with Crippen LogP contribution >= 0.6 is 0 Å². The fourth-order valence-corrected chi connectivity index (χ4v) is 4.28. The van der Waals surface area contributed by atoms with Crippen molar-refractivity contribution in [2.45, 2.75) is 118 Å². The maximum atomic E-state index is 14.2. The lowest BCUT2D eigenvalue weighted by molar-refractivity contribution is -0.142. The first kappa shape index (κ1) is 33.9. The van der Waals surface area contributed by atoms with Crippen molar-refractivity contribution < 1.29 is 23.9 Å². The number of hydrogen-bond acceptors (Lipinski definition) is 5. The summed E-state index contributed by atoms with van der Waals surface area (Å²) in [6.07, 6.45) is 4.46. The summed E-state index contributed by atoms with van der Waals surface area (Å²) >= 11 is 0. The lowest BCUT2D eigenvalue weighted by Crippen LogP contribution is -2.53. The third-order valence-electron chi connectivity index (χ3n) is 6.53. The van der Waals surface area contributed by atoms with Crippen molar-refractivity contribution in [2.75, 3.05) is 13.1 Å². The predicted octanol–water partition coefficient (Wildman–Crippen LogP) is 4.83. The van der Waals surface area contributed by atoms with Gasteiger partial charge in [0, 0.05) is 19.5 Å². The molecular weight excluding hydrogens is 496 g/mol. The maximum Gasteiger partial charge on any atom is 0.408 e. The Hall–Kier alpha value is -3.10. The van der Waals surface area contributed by atoms with Gasteiger partial charge in [-0.1, -0.05) is 57.7 Å². The number of carbonyl (C=O) groups is 4. The summed E-state index contributed by atoms with van der Waals surface area (Å²) in [7, 11) is 0. The molecule has 9 nitrogen and oxygen atoms in total. The average Bonchev–Trinajstić information content (AvgIpc) is 2.84. The van der Waals surface area contributed by atoms with Crippen LogP contribution in [0.4, 0.5) is 4.79 Å². The largest absolute Gasteiger partial charge is 0.444 e. The zero-order valence-electron chi connectivity index (χ0n) is 25.0. The number of primary amides is 1. The minimum absolute atomic E-state index is 0.00412. The molecule has 0 aliphatic rings. The van der Waals surface area contributed by atoms with Crippen molar-refractivity contribution in [3.63, 3.8) is 0 Å². The van der Waals surface area contributed by atoms with Gasteiger partial charge in [-0.3, -0.25) is 14.4 Å². The smallest absolute Gasteiger partial charge is 0.408 e. The second kappa shape index (κ2) is 16.8. The number of nitrogens with two attached hydrogens (primary N) is 1. The van der Waals surface area contributed by atoms with Crippen molar-refractivity contribution in [3.8, 4) is 0 Å². The van der Waals surface area contributed by atoms with Gasteiger partial charge in [-0.05, 0) is 70.6 Å². The Morgan fingerprint density at radius 3 is 2.26 bits per heavy atom. The molecule has 1 aromatic carbocycles. The summed E-state index contributed by atoms with van der Waals surface area (Å²) in [5.41, 5.74) is 7.29. The van der Waals surface area contributed by atoms with Gasteiger partial charge in [0.15, 0.2) is 0 Å². The molecule has 220 valence electrons. The molecule has 0 saturated carbocycles. The third-order valence-corrected chi connectivity index (χ3v) is 6.53. The number of aryl methyl sites for hydroxylation is 1. The van der Waals surface area contributed by atoms with Crippen LogP contribution in [0.3, 0.4) is 0 Å². The van der Waals surface area contributed by atoms with Crippen LogP contribution in [0.1, 0.15) is 109 Å². The van der Waals surface area contributed by atoms with E-state index >= 15 is 0 Å². The normalized spacial score (nSPS) is 12.8. The van der Waals surface area contributed by atoms with E-state index in [-0.39, 0.29) is 18.7 Å². The second-order valence-electron chi connectivity index (χ2n) is 11.1. The zero-order valence-corrected chi connectivity index (χ0v) is 25.0. The van der Waals surface area contributed by atoms with Crippen molar-refractivity contribution in [2.24, 2.45) is 5.73 Å². The van der Waals surface area contributed by atoms with Gasteiger partial charge >= 0.3 is 6.09 Å². The Labute approximate surface area is 234 Å². The van der Waals surface area contributed by atoms with Gasteiger partial charge < -0.3 is 26.0 Å². The highest BCUT2D eigenvalue weighted by Gasteiger charge is 2.36. The molecule has 4 N–H and O–H groups in total. The number of hydrogen-bond donors (Lipinski definition) is 3. The summed E-state index contributed by atoms with van der Waals surface area (Å²) < 4.78 is 5.39. The highest BCUT2D eigenvalue weighted by Crippen LogP contribution is 2.28. The highest BCUT2D eigenvalue weighted by molar-refractivity contribution is 5.92. The number of unbranched alkanes of at least 4 members (excludes halogenated alkanes) is 4. The number of alkyl carbamates (subject to hydrolysis) is 1. The molecule has 39 heavy (non-hydrogen) atoms. The first-order chi connectivity index (χ1) is 18.3. The van der Waals surface area contributed by atoms with E-state index < -0.39 is 35.6 Å². The lowest BCUT2D eigenvalue weighted by Gasteiger charge is -2.35. The summed E-state index contributed by atoms with van der Waals surface area (Å²) in [4.78, 5) is 53.8. The topological polar surface area (TPSA) is 131 Å². The molecule has 1 rings (SSSR count). The fourth-order valence-electron chi connectivity index (χ4n) is 4.28. The summed E-state index contributed by atoms with van der Waals surface area (Å²) in [5, 5.41) is 5.65. The molecular formula is C30H50N4O5.